The minimum Gasteiger partial charge on any atom is -0.495 e. The van der Waals surface area contributed by atoms with Crippen LogP contribution in [-0.4, -0.2) is 21.6 Å². The van der Waals surface area contributed by atoms with Crippen LogP contribution < -0.4 is 9.46 Å². The van der Waals surface area contributed by atoms with E-state index in [1.807, 2.05) is 0 Å². The monoisotopic (exact) mass is 229 g/mol. The minimum atomic E-state index is -3.48. The van der Waals surface area contributed by atoms with Crippen molar-refractivity contribution in [1.29, 1.82) is 0 Å². The van der Waals surface area contributed by atoms with Crippen LogP contribution in [0.25, 0.3) is 0 Å². The number of para-hydroxylation sites is 1. The fourth-order valence-corrected chi connectivity index (χ4v) is 2.64. The zero-order valence-electron chi connectivity index (χ0n) is 9.02. The van der Waals surface area contributed by atoms with Gasteiger partial charge < -0.3 is 4.74 Å². The Bertz CT molecular complexity index is 426. The molecule has 0 amide bonds. The van der Waals surface area contributed by atoms with Gasteiger partial charge in [0.05, 0.1) is 7.11 Å². The molecule has 0 aliphatic heterocycles. The van der Waals surface area contributed by atoms with Crippen LogP contribution in [0.1, 0.15) is 13.8 Å². The Labute approximate surface area is 90.3 Å². The molecule has 0 aliphatic carbocycles. The first-order valence-electron chi connectivity index (χ1n) is 4.62. The van der Waals surface area contributed by atoms with Crippen LogP contribution >= 0.6 is 0 Å². The maximum absolute atomic E-state index is 11.8. The van der Waals surface area contributed by atoms with Crippen LogP contribution in [0.4, 0.5) is 0 Å². The van der Waals surface area contributed by atoms with Gasteiger partial charge in [0.2, 0.25) is 10.0 Å². The van der Waals surface area contributed by atoms with Crippen LogP contribution in [0, 0.1) is 0 Å². The SMILES string of the molecule is COc1ccccc1S(=O)(=O)NC(C)C. The van der Waals surface area contributed by atoms with Crippen LogP contribution in [-0.2, 0) is 10.0 Å². The topological polar surface area (TPSA) is 55.4 Å². The predicted molar refractivity (Wildman–Crippen MR) is 58.5 cm³/mol. The zero-order chi connectivity index (χ0) is 11.5. The van der Waals surface area contributed by atoms with Gasteiger partial charge in [-0.2, -0.15) is 0 Å². The molecule has 0 saturated carbocycles. The molecule has 0 unspecified atom stereocenters. The Morgan fingerprint density at radius 1 is 1.27 bits per heavy atom. The number of sulfonamides is 1. The van der Waals surface area contributed by atoms with Crippen molar-refractivity contribution in [2.24, 2.45) is 0 Å². The number of benzene rings is 1. The first-order valence-corrected chi connectivity index (χ1v) is 6.11. The molecule has 1 aromatic rings. The van der Waals surface area contributed by atoms with Crippen LogP contribution in [0.3, 0.4) is 0 Å². The van der Waals surface area contributed by atoms with Gasteiger partial charge in [0, 0.05) is 6.04 Å². The van der Waals surface area contributed by atoms with Gasteiger partial charge in [0.15, 0.2) is 0 Å². The van der Waals surface area contributed by atoms with E-state index in [0.717, 1.165) is 0 Å². The van der Waals surface area contributed by atoms with Crippen LogP contribution in [0.15, 0.2) is 29.2 Å². The first-order chi connectivity index (χ1) is 6.97. The van der Waals surface area contributed by atoms with Gasteiger partial charge >= 0.3 is 0 Å². The summed E-state index contributed by atoms with van der Waals surface area (Å²) in [6.07, 6.45) is 0. The molecular weight excluding hydrogens is 214 g/mol. The highest BCUT2D eigenvalue weighted by atomic mass is 32.2. The number of methoxy groups -OCH3 is 1. The molecule has 84 valence electrons. The van der Waals surface area contributed by atoms with E-state index >= 15 is 0 Å². The van der Waals surface area contributed by atoms with Crippen molar-refractivity contribution < 1.29 is 13.2 Å². The second-order valence-corrected chi connectivity index (χ2v) is 5.11. The summed E-state index contributed by atoms with van der Waals surface area (Å²) in [5, 5.41) is 0. The van der Waals surface area contributed by atoms with Gasteiger partial charge in [-0.3, -0.25) is 0 Å². The summed E-state index contributed by atoms with van der Waals surface area (Å²) in [7, 11) is -2.03. The molecule has 4 nitrogen and oxygen atoms in total. The van der Waals surface area contributed by atoms with Crippen molar-refractivity contribution in [3.63, 3.8) is 0 Å². The third kappa shape index (κ3) is 2.94. The standard InChI is InChI=1S/C10H15NO3S/c1-8(2)11-15(12,13)10-7-5-4-6-9(10)14-3/h4-8,11H,1-3H3. The van der Waals surface area contributed by atoms with E-state index in [9.17, 15) is 8.42 Å². The predicted octanol–water partition coefficient (Wildman–Crippen LogP) is 1.38. The highest BCUT2D eigenvalue weighted by Crippen LogP contribution is 2.22. The Morgan fingerprint density at radius 2 is 1.87 bits per heavy atom. The van der Waals surface area contributed by atoms with E-state index in [-0.39, 0.29) is 10.9 Å². The molecular formula is C10H15NO3S. The van der Waals surface area contributed by atoms with Gasteiger partial charge in [-0.05, 0) is 26.0 Å². The van der Waals surface area contributed by atoms with Crippen molar-refractivity contribution in [2.45, 2.75) is 24.8 Å². The summed E-state index contributed by atoms with van der Waals surface area (Å²) in [6, 6.07) is 6.39. The number of nitrogens with one attached hydrogen (secondary N) is 1. The van der Waals surface area contributed by atoms with Crippen molar-refractivity contribution in [3.8, 4) is 5.75 Å². The third-order valence-corrected chi connectivity index (χ3v) is 3.45. The molecule has 1 aromatic carbocycles. The lowest BCUT2D eigenvalue weighted by Gasteiger charge is -2.12. The first kappa shape index (κ1) is 12.0. The van der Waals surface area contributed by atoms with E-state index in [2.05, 4.69) is 4.72 Å². The smallest absolute Gasteiger partial charge is 0.244 e. The van der Waals surface area contributed by atoms with Gasteiger partial charge in [0.25, 0.3) is 0 Å². The molecule has 0 saturated heterocycles. The normalized spacial score (nSPS) is 11.7. The summed E-state index contributed by atoms with van der Waals surface area (Å²) in [5.74, 6) is 0.352. The Hall–Kier alpha value is -1.07. The molecule has 0 aliphatic rings. The van der Waals surface area contributed by atoms with E-state index in [1.54, 1.807) is 32.0 Å². The molecule has 0 spiro atoms. The minimum absolute atomic E-state index is 0.139. The Morgan fingerprint density at radius 3 is 2.40 bits per heavy atom. The third-order valence-electron chi connectivity index (χ3n) is 1.75. The van der Waals surface area contributed by atoms with Crippen LogP contribution in [0.2, 0.25) is 0 Å². The molecule has 15 heavy (non-hydrogen) atoms. The molecule has 0 atom stereocenters. The lowest BCUT2D eigenvalue weighted by Crippen LogP contribution is -2.30. The lowest BCUT2D eigenvalue weighted by atomic mass is 10.3. The fraction of sp³-hybridized carbons (Fsp3) is 0.400. The van der Waals surface area contributed by atoms with Gasteiger partial charge in [-0.15, -0.1) is 0 Å². The fourth-order valence-electron chi connectivity index (χ4n) is 1.21. The maximum atomic E-state index is 11.8. The number of rotatable bonds is 4. The summed E-state index contributed by atoms with van der Waals surface area (Å²) in [5.41, 5.74) is 0. The lowest BCUT2D eigenvalue weighted by molar-refractivity contribution is 0.402. The second-order valence-electron chi connectivity index (χ2n) is 3.43. The van der Waals surface area contributed by atoms with E-state index in [0.29, 0.717) is 5.75 Å². The molecule has 1 rings (SSSR count). The van der Waals surface area contributed by atoms with E-state index in [1.165, 1.54) is 13.2 Å². The summed E-state index contributed by atoms with van der Waals surface area (Å²) >= 11 is 0. The molecule has 0 heterocycles. The van der Waals surface area contributed by atoms with Gasteiger partial charge in [0.1, 0.15) is 10.6 Å². The number of ether oxygens (including phenoxy) is 1. The number of hydrogen-bond acceptors (Lipinski definition) is 3. The van der Waals surface area contributed by atoms with Crippen LogP contribution in [0.5, 0.6) is 5.75 Å². The van der Waals surface area contributed by atoms with Gasteiger partial charge in [-0.1, -0.05) is 12.1 Å². The Kier molecular flexibility index (Phi) is 3.71. The average Bonchev–Trinajstić information content (AvgIpc) is 2.16. The largest absolute Gasteiger partial charge is 0.495 e. The van der Waals surface area contributed by atoms with E-state index in [4.69, 9.17) is 4.74 Å². The van der Waals surface area contributed by atoms with Crippen molar-refractivity contribution in [1.82, 2.24) is 4.72 Å². The summed E-state index contributed by atoms with van der Waals surface area (Å²) < 4.78 is 31.2. The zero-order valence-corrected chi connectivity index (χ0v) is 9.84. The molecule has 0 bridgehead atoms. The highest BCUT2D eigenvalue weighted by molar-refractivity contribution is 7.89. The highest BCUT2D eigenvalue weighted by Gasteiger charge is 2.19. The summed E-state index contributed by atoms with van der Waals surface area (Å²) in [4.78, 5) is 0.168. The second kappa shape index (κ2) is 4.63. The molecule has 0 fully saturated rings. The average molecular weight is 229 g/mol. The Balaban J connectivity index is 3.15. The van der Waals surface area contributed by atoms with Gasteiger partial charge in [-0.25, -0.2) is 13.1 Å². The molecule has 5 heteroatoms. The van der Waals surface area contributed by atoms with Crippen molar-refractivity contribution in [3.05, 3.63) is 24.3 Å². The molecule has 0 radical (unpaired) electrons. The molecule has 1 N–H and O–H groups in total. The van der Waals surface area contributed by atoms with Crippen molar-refractivity contribution >= 4 is 10.0 Å². The summed E-state index contributed by atoms with van der Waals surface area (Å²) in [6.45, 7) is 3.54. The van der Waals surface area contributed by atoms with E-state index < -0.39 is 10.0 Å². The number of hydrogen-bond donors (Lipinski definition) is 1. The maximum Gasteiger partial charge on any atom is 0.244 e. The van der Waals surface area contributed by atoms with Crippen molar-refractivity contribution in [2.75, 3.05) is 7.11 Å². The molecule has 0 aromatic heterocycles. The quantitative estimate of drug-likeness (QED) is 0.848.